The molecule has 4 atom stereocenters. The molecule has 0 aliphatic carbocycles. The van der Waals surface area contributed by atoms with E-state index in [0.717, 1.165) is 29.5 Å². The number of nitrogens with zero attached hydrogens (tertiary/aromatic N) is 1. The largest absolute Gasteiger partial charge is 0.463 e. The third-order valence-electron chi connectivity index (χ3n) is 8.50. The Morgan fingerprint density at radius 2 is 1.70 bits per heavy atom. The van der Waals surface area contributed by atoms with Gasteiger partial charge in [0.15, 0.2) is 0 Å². The molecule has 0 saturated carbocycles. The van der Waals surface area contributed by atoms with Gasteiger partial charge in [0, 0.05) is 13.0 Å². The van der Waals surface area contributed by atoms with E-state index in [4.69, 9.17) is 4.74 Å². The van der Waals surface area contributed by atoms with E-state index in [0.29, 0.717) is 32.2 Å². The SMILES string of the molecule is C=CCCCC(Cc1ccccc1)C(=O)OCC(NC(=O)C(CC=C)CC(=O)N1Cc2ccccc2CC1CO)C(C)(C)C. The van der Waals surface area contributed by atoms with Crippen LogP contribution in [0.15, 0.2) is 79.9 Å². The molecule has 1 heterocycles. The lowest BCUT2D eigenvalue weighted by Gasteiger charge is -2.37. The average molecular weight is 603 g/mol. The van der Waals surface area contributed by atoms with Crippen LogP contribution in [0, 0.1) is 17.3 Å². The Hall–Kier alpha value is -3.71. The summed E-state index contributed by atoms with van der Waals surface area (Å²) in [5, 5.41) is 13.1. The highest BCUT2D eigenvalue weighted by Crippen LogP contribution is 2.27. The number of allylic oxidation sites excluding steroid dienone is 2. The number of nitrogens with one attached hydrogen (secondary N) is 1. The third-order valence-corrected chi connectivity index (χ3v) is 8.50. The summed E-state index contributed by atoms with van der Waals surface area (Å²) in [5.74, 6) is -1.67. The Morgan fingerprint density at radius 1 is 1.02 bits per heavy atom. The first kappa shape index (κ1) is 34.8. The van der Waals surface area contributed by atoms with Crippen molar-refractivity contribution in [3.05, 3.63) is 96.6 Å². The number of carbonyl (C=O) groups excluding carboxylic acids is 3. The first-order chi connectivity index (χ1) is 21.1. The van der Waals surface area contributed by atoms with Crippen molar-refractivity contribution < 1.29 is 24.2 Å². The number of benzene rings is 2. The molecule has 7 heteroatoms. The lowest BCUT2D eigenvalue weighted by Crippen LogP contribution is -2.51. The fraction of sp³-hybridized carbons (Fsp3) is 0.486. The highest BCUT2D eigenvalue weighted by Gasteiger charge is 2.34. The molecule has 2 aromatic rings. The van der Waals surface area contributed by atoms with Crippen LogP contribution in [0.25, 0.3) is 0 Å². The number of amides is 2. The molecule has 0 spiro atoms. The van der Waals surface area contributed by atoms with Crippen LogP contribution < -0.4 is 5.32 Å². The van der Waals surface area contributed by atoms with Gasteiger partial charge >= 0.3 is 5.97 Å². The number of carbonyl (C=O) groups is 3. The summed E-state index contributed by atoms with van der Waals surface area (Å²) in [7, 11) is 0. The predicted molar refractivity (Wildman–Crippen MR) is 175 cm³/mol. The van der Waals surface area contributed by atoms with Gasteiger partial charge in [-0.05, 0) is 60.6 Å². The predicted octanol–water partition coefficient (Wildman–Crippen LogP) is 5.80. The molecule has 3 rings (SSSR count). The summed E-state index contributed by atoms with van der Waals surface area (Å²) >= 11 is 0. The Kier molecular flexibility index (Phi) is 13.4. The maximum atomic E-state index is 13.6. The molecule has 44 heavy (non-hydrogen) atoms. The second-order valence-electron chi connectivity index (χ2n) is 12.9. The Balaban J connectivity index is 1.67. The van der Waals surface area contributed by atoms with Crippen molar-refractivity contribution in [1.82, 2.24) is 10.2 Å². The molecule has 4 unspecified atom stereocenters. The summed E-state index contributed by atoms with van der Waals surface area (Å²) in [6.07, 6.45) is 7.34. The average Bonchev–Trinajstić information content (AvgIpc) is 3.01. The third kappa shape index (κ3) is 10.2. The second-order valence-corrected chi connectivity index (χ2v) is 12.9. The van der Waals surface area contributed by atoms with Crippen molar-refractivity contribution in [2.75, 3.05) is 13.2 Å². The number of unbranched alkanes of at least 4 members (excludes halogenated alkanes) is 1. The molecule has 1 aliphatic heterocycles. The topological polar surface area (TPSA) is 95.9 Å². The van der Waals surface area contributed by atoms with Crippen LogP contribution in [-0.2, 0) is 38.5 Å². The number of rotatable bonds is 16. The Labute approximate surface area is 263 Å². The van der Waals surface area contributed by atoms with Crippen LogP contribution in [0.5, 0.6) is 0 Å². The first-order valence-electron chi connectivity index (χ1n) is 15.8. The van der Waals surface area contributed by atoms with E-state index < -0.39 is 17.4 Å². The fourth-order valence-corrected chi connectivity index (χ4v) is 5.65. The molecule has 0 bridgehead atoms. The number of fused-ring (bicyclic) bond motifs is 1. The number of aliphatic hydroxyl groups excluding tert-OH is 1. The molecule has 1 aliphatic rings. The molecule has 2 N–H and O–H groups in total. The Bertz CT molecular complexity index is 1250. The molecular weight excluding hydrogens is 552 g/mol. The minimum Gasteiger partial charge on any atom is -0.463 e. The van der Waals surface area contributed by atoms with Crippen molar-refractivity contribution in [2.24, 2.45) is 17.3 Å². The van der Waals surface area contributed by atoms with Gasteiger partial charge in [0.05, 0.1) is 30.5 Å². The van der Waals surface area contributed by atoms with Crippen LogP contribution >= 0.6 is 0 Å². The van der Waals surface area contributed by atoms with E-state index in [-0.39, 0.29) is 49.4 Å². The molecule has 0 fully saturated rings. The summed E-state index contributed by atoms with van der Waals surface area (Å²) in [4.78, 5) is 42.2. The van der Waals surface area contributed by atoms with Gasteiger partial charge in [-0.1, -0.05) is 87.5 Å². The minimum absolute atomic E-state index is 0.00434. The van der Waals surface area contributed by atoms with Gasteiger partial charge in [-0.3, -0.25) is 14.4 Å². The first-order valence-corrected chi connectivity index (χ1v) is 15.8. The maximum absolute atomic E-state index is 13.6. The number of hydrogen-bond acceptors (Lipinski definition) is 5. The zero-order valence-corrected chi connectivity index (χ0v) is 26.7. The van der Waals surface area contributed by atoms with Crippen LogP contribution in [-0.4, -0.2) is 53.1 Å². The highest BCUT2D eigenvalue weighted by atomic mass is 16.5. The molecule has 2 amide bonds. The van der Waals surface area contributed by atoms with E-state index in [9.17, 15) is 19.5 Å². The summed E-state index contributed by atoms with van der Waals surface area (Å²) in [5.41, 5.74) is 2.85. The lowest BCUT2D eigenvalue weighted by molar-refractivity contribution is -0.151. The molecule has 0 aromatic heterocycles. The van der Waals surface area contributed by atoms with E-state index in [1.54, 1.807) is 11.0 Å². The Morgan fingerprint density at radius 3 is 2.34 bits per heavy atom. The van der Waals surface area contributed by atoms with E-state index in [2.05, 4.69) is 18.5 Å². The summed E-state index contributed by atoms with van der Waals surface area (Å²) in [6, 6.07) is 17.0. The molecule has 238 valence electrons. The van der Waals surface area contributed by atoms with Crippen LogP contribution in [0.1, 0.15) is 69.6 Å². The van der Waals surface area contributed by atoms with Gasteiger partial charge in [0.1, 0.15) is 6.61 Å². The van der Waals surface area contributed by atoms with Gasteiger partial charge in [0.2, 0.25) is 11.8 Å². The smallest absolute Gasteiger partial charge is 0.309 e. The minimum atomic E-state index is -0.637. The van der Waals surface area contributed by atoms with Crippen molar-refractivity contribution in [2.45, 2.75) is 84.3 Å². The second kappa shape index (κ2) is 17.0. The van der Waals surface area contributed by atoms with Gasteiger partial charge in [-0.15, -0.1) is 13.2 Å². The highest BCUT2D eigenvalue weighted by molar-refractivity contribution is 5.86. The van der Waals surface area contributed by atoms with Crippen LogP contribution in [0.3, 0.4) is 0 Å². The quantitative estimate of drug-likeness (QED) is 0.144. The molecular formula is C37H50N2O5. The van der Waals surface area contributed by atoms with Crippen molar-refractivity contribution in [1.29, 1.82) is 0 Å². The maximum Gasteiger partial charge on any atom is 0.309 e. The zero-order valence-electron chi connectivity index (χ0n) is 26.7. The molecule has 0 radical (unpaired) electrons. The molecule has 0 saturated heterocycles. The molecule has 2 aromatic carbocycles. The monoisotopic (exact) mass is 602 g/mol. The number of hydrogen-bond donors (Lipinski definition) is 2. The van der Waals surface area contributed by atoms with Crippen LogP contribution in [0.4, 0.5) is 0 Å². The van der Waals surface area contributed by atoms with Crippen molar-refractivity contribution in [3.63, 3.8) is 0 Å². The normalized spacial score (nSPS) is 16.6. The zero-order chi connectivity index (χ0) is 32.1. The van der Waals surface area contributed by atoms with Gasteiger partial charge < -0.3 is 20.1 Å². The summed E-state index contributed by atoms with van der Waals surface area (Å²) < 4.78 is 5.87. The van der Waals surface area contributed by atoms with E-state index in [1.807, 2.05) is 81.4 Å². The van der Waals surface area contributed by atoms with Crippen LogP contribution in [0.2, 0.25) is 0 Å². The van der Waals surface area contributed by atoms with E-state index >= 15 is 0 Å². The lowest BCUT2D eigenvalue weighted by atomic mass is 9.86. The van der Waals surface area contributed by atoms with Crippen molar-refractivity contribution in [3.8, 4) is 0 Å². The van der Waals surface area contributed by atoms with Gasteiger partial charge in [-0.2, -0.15) is 0 Å². The van der Waals surface area contributed by atoms with Gasteiger partial charge in [-0.25, -0.2) is 0 Å². The van der Waals surface area contributed by atoms with Crippen molar-refractivity contribution >= 4 is 17.8 Å². The van der Waals surface area contributed by atoms with Gasteiger partial charge in [0.25, 0.3) is 0 Å². The summed E-state index contributed by atoms with van der Waals surface area (Å²) in [6.45, 7) is 13.9. The fourth-order valence-electron chi connectivity index (χ4n) is 5.65. The number of aliphatic hydroxyl groups is 1. The molecule has 7 nitrogen and oxygen atoms in total. The number of esters is 1. The van der Waals surface area contributed by atoms with E-state index in [1.165, 1.54) is 0 Å². The standard InChI is InChI=1S/C37H50N2O5/c1-6-8-10-19-30(21-27-16-11-9-12-17-27)36(43)44-26-33(37(3,4)5)38-35(42)29(15-7-2)23-34(41)39-24-31-20-14-13-18-28(31)22-32(39)25-40/h6-7,9,11-14,16-18,20,29-30,32-33,40H,1-2,8,10,15,19,21-26H2,3-5H3,(H,38,42). The number of ether oxygens (including phenoxy) is 1.